The predicted octanol–water partition coefficient (Wildman–Crippen LogP) is 5.27. The number of nitrogens with one attached hydrogen (secondary N) is 1. The van der Waals surface area contributed by atoms with Gasteiger partial charge in [0.05, 0.1) is 0 Å². The van der Waals surface area contributed by atoms with Gasteiger partial charge in [-0.15, -0.1) is 10.2 Å². The highest BCUT2D eigenvalue weighted by Gasteiger charge is 2.27. The van der Waals surface area contributed by atoms with E-state index in [1.54, 1.807) is 11.8 Å². The second-order valence-corrected chi connectivity index (χ2v) is 10.3. The maximum absolute atomic E-state index is 5.78. The fourth-order valence-electron chi connectivity index (χ4n) is 4.74. The predicted molar refractivity (Wildman–Crippen MR) is 132 cm³/mol. The van der Waals surface area contributed by atoms with Crippen molar-refractivity contribution in [1.29, 1.82) is 0 Å². The molecule has 1 saturated carbocycles. The number of likely N-dealkylation sites (tertiary alicyclic amines) is 1. The molecule has 2 fully saturated rings. The van der Waals surface area contributed by atoms with Crippen LogP contribution in [0.15, 0.2) is 35.5 Å². The first-order chi connectivity index (χ1) is 15.2. The Balaban J connectivity index is 1.26. The van der Waals surface area contributed by atoms with Crippen LogP contribution in [0, 0.1) is 0 Å². The molecule has 0 atom stereocenters. The van der Waals surface area contributed by atoms with Gasteiger partial charge in [-0.1, -0.05) is 74.2 Å². The van der Waals surface area contributed by atoms with E-state index in [-0.39, 0.29) is 0 Å². The zero-order chi connectivity index (χ0) is 21.5. The molecule has 0 radical (unpaired) electrons. The van der Waals surface area contributed by atoms with Crippen LogP contribution < -0.4 is 5.32 Å². The van der Waals surface area contributed by atoms with Crippen LogP contribution in [0.5, 0.6) is 0 Å². The standard InChI is InChI=1S/C24H35N5S2/c1-28-22(26-27-24(28)31-18-19-10-6-5-7-11-19)20-14-16-29(17-15-20)23(30)25-21-12-8-3-2-4-9-13-21/h5-7,10-11,20-21H,2-4,8-9,12-18H2,1H3,(H,25,30). The van der Waals surface area contributed by atoms with Gasteiger partial charge in [-0.2, -0.15) is 0 Å². The molecule has 168 valence electrons. The van der Waals surface area contributed by atoms with Crippen molar-refractivity contribution in [3.63, 3.8) is 0 Å². The number of aromatic nitrogens is 3. The maximum atomic E-state index is 5.78. The highest BCUT2D eigenvalue weighted by molar-refractivity contribution is 7.98. The van der Waals surface area contributed by atoms with Crippen molar-refractivity contribution in [2.75, 3.05) is 13.1 Å². The highest BCUT2D eigenvalue weighted by atomic mass is 32.2. The minimum absolute atomic E-state index is 0.462. The molecule has 7 heteroatoms. The van der Waals surface area contributed by atoms with Gasteiger partial charge >= 0.3 is 0 Å². The van der Waals surface area contributed by atoms with Crippen molar-refractivity contribution in [3.05, 3.63) is 41.7 Å². The van der Waals surface area contributed by atoms with Crippen LogP contribution in [-0.2, 0) is 12.8 Å². The van der Waals surface area contributed by atoms with E-state index in [9.17, 15) is 0 Å². The van der Waals surface area contributed by atoms with E-state index in [4.69, 9.17) is 12.2 Å². The molecule has 0 bridgehead atoms. The van der Waals surface area contributed by atoms with Gasteiger partial charge in [-0.05, 0) is 43.5 Å². The number of hydrogen-bond acceptors (Lipinski definition) is 4. The molecule has 1 N–H and O–H groups in total. The number of piperidine rings is 1. The summed E-state index contributed by atoms with van der Waals surface area (Å²) in [4.78, 5) is 2.37. The van der Waals surface area contributed by atoms with E-state index >= 15 is 0 Å². The zero-order valence-corrected chi connectivity index (χ0v) is 20.3. The first kappa shape index (κ1) is 22.6. The monoisotopic (exact) mass is 457 g/mol. The van der Waals surface area contributed by atoms with Crippen LogP contribution in [-0.4, -0.2) is 43.9 Å². The summed E-state index contributed by atoms with van der Waals surface area (Å²) in [7, 11) is 2.11. The maximum Gasteiger partial charge on any atom is 0.191 e. The Morgan fingerprint density at radius 1 is 1.00 bits per heavy atom. The third-order valence-corrected chi connectivity index (χ3v) is 8.13. The largest absolute Gasteiger partial charge is 0.360 e. The fourth-order valence-corrected chi connectivity index (χ4v) is 5.96. The molecule has 0 amide bonds. The molecule has 0 unspecified atom stereocenters. The van der Waals surface area contributed by atoms with E-state index in [2.05, 4.69) is 62.4 Å². The average molecular weight is 458 g/mol. The van der Waals surface area contributed by atoms with Crippen molar-refractivity contribution < 1.29 is 0 Å². The number of rotatable bonds is 5. The summed E-state index contributed by atoms with van der Waals surface area (Å²) in [5.74, 6) is 2.50. The lowest BCUT2D eigenvalue weighted by Gasteiger charge is -2.35. The Bertz CT molecular complexity index is 822. The van der Waals surface area contributed by atoms with E-state index in [0.717, 1.165) is 47.8 Å². The van der Waals surface area contributed by atoms with Crippen molar-refractivity contribution in [3.8, 4) is 0 Å². The Morgan fingerprint density at radius 2 is 1.68 bits per heavy atom. The van der Waals surface area contributed by atoms with Gasteiger partial charge in [-0.25, -0.2) is 0 Å². The van der Waals surface area contributed by atoms with Gasteiger partial charge in [0.25, 0.3) is 0 Å². The van der Waals surface area contributed by atoms with Crippen LogP contribution in [0.25, 0.3) is 0 Å². The summed E-state index contributed by atoms with van der Waals surface area (Å²) in [5.41, 5.74) is 1.32. The normalized spacial score (nSPS) is 19.1. The van der Waals surface area contributed by atoms with Gasteiger partial charge in [0, 0.05) is 37.8 Å². The van der Waals surface area contributed by atoms with Gasteiger partial charge in [0.15, 0.2) is 10.3 Å². The molecular formula is C24H35N5S2. The van der Waals surface area contributed by atoms with Gasteiger partial charge in [-0.3, -0.25) is 0 Å². The quantitative estimate of drug-likeness (QED) is 0.487. The zero-order valence-electron chi connectivity index (χ0n) is 18.6. The summed E-state index contributed by atoms with van der Waals surface area (Å²) in [6.45, 7) is 2.01. The Kier molecular flexibility index (Phi) is 8.25. The van der Waals surface area contributed by atoms with Gasteiger partial charge in [0.1, 0.15) is 5.82 Å². The molecule has 1 aromatic carbocycles. The Hall–Kier alpha value is -1.60. The SMILES string of the molecule is Cn1c(SCc2ccccc2)nnc1C1CCN(C(=S)NC2CCCCCCC2)CC1. The summed E-state index contributed by atoms with van der Waals surface area (Å²) >= 11 is 7.54. The van der Waals surface area contributed by atoms with Crippen LogP contribution in [0.1, 0.15) is 75.1 Å². The third-order valence-electron chi connectivity index (χ3n) is 6.66. The number of thiocarbonyl (C=S) groups is 1. The molecular weight excluding hydrogens is 422 g/mol. The number of thioether (sulfide) groups is 1. The summed E-state index contributed by atoms with van der Waals surface area (Å²) in [5, 5.41) is 14.7. The molecule has 4 rings (SSSR count). The molecule has 5 nitrogen and oxygen atoms in total. The molecule has 1 saturated heterocycles. The van der Waals surface area contributed by atoms with Crippen LogP contribution in [0.3, 0.4) is 0 Å². The van der Waals surface area contributed by atoms with Gasteiger partial charge < -0.3 is 14.8 Å². The molecule has 0 spiro atoms. The van der Waals surface area contributed by atoms with Crippen molar-refractivity contribution in [1.82, 2.24) is 25.0 Å². The molecule has 1 aliphatic carbocycles. The van der Waals surface area contributed by atoms with Crippen molar-refractivity contribution in [2.45, 2.75) is 80.7 Å². The van der Waals surface area contributed by atoms with Crippen molar-refractivity contribution >= 4 is 29.1 Å². The molecule has 1 aliphatic heterocycles. The third kappa shape index (κ3) is 6.22. The lowest BCUT2D eigenvalue weighted by atomic mass is 9.95. The van der Waals surface area contributed by atoms with E-state index < -0.39 is 0 Å². The lowest BCUT2D eigenvalue weighted by Crippen LogP contribution is -2.47. The highest BCUT2D eigenvalue weighted by Crippen LogP contribution is 2.30. The first-order valence-corrected chi connectivity index (χ1v) is 13.2. The van der Waals surface area contributed by atoms with Gasteiger partial charge in [0.2, 0.25) is 0 Å². The fraction of sp³-hybridized carbons (Fsp3) is 0.625. The summed E-state index contributed by atoms with van der Waals surface area (Å²) in [6, 6.07) is 11.1. The van der Waals surface area contributed by atoms with Crippen LogP contribution in [0.2, 0.25) is 0 Å². The number of benzene rings is 1. The van der Waals surface area contributed by atoms with E-state index in [1.807, 2.05) is 0 Å². The second kappa shape index (κ2) is 11.3. The molecule has 31 heavy (non-hydrogen) atoms. The molecule has 2 aliphatic rings. The molecule has 2 heterocycles. The Labute approximate surface area is 196 Å². The molecule has 2 aromatic rings. The van der Waals surface area contributed by atoms with E-state index in [0.29, 0.717) is 12.0 Å². The van der Waals surface area contributed by atoms with Crippen LogP contribution >= 0.6 is 24.0 Å². The lowest BCUT2D eigenvalue weighted by molar-refractivity contribution is 0.294. The molecule has 1 aromatic heterocycles. The summed E-state index contributed by atoms with van der Waals surface area (Å²) in [6.07, 6.45) is 11.5. The van der Waals surface area contributed by atoms with Crippen LogP contribution in [0.4, 0.5) is 0 Å². The van der Waals surface area contributed by atoms with Crippen molar-refractivity contribution in [2.24, 2.45) is 7.05 Å². The van der Waals surface area contributed by atoms with E-state index in [1.165, 1.54) is 50.5 Å². The summed E-state index contributed by atoms with van der Waals surface area (Å²) < 4.78 is 2.19. The minimum Gasteiger partial charge on any atom is -0.360 e. The topological polar surface area (TPSA) is 46.0 Å². The second-order valence-electron chi connectivity index (χ2n) is 8.93. The average Bonchev–Trinajstić information content (AvgIpc) is 3.15. The smallest absolute Gasteiger partial charge is 0.191 e. The first-order valence-electron chi connectivity index (χ1n) is 11.8. The number of hydrogen-bond donors (Lipinski definition) is 1. The Morgan fingerprint density at radius 3 is 2.39 bits per heavy atom. The number of nitrogens with zero attached hydrogens (tertiary/aromatic N) is 4. The minimum atomic E-state index is 0.462.